The SMILES string of the molecule is O=C(CO)[C@@H](O)[C@H](O)[C@H](O)CO[C@@]1(CO)O[C@H](CO)[C@@H](O)[C@@H]1O. The average molecular weight is 342 g/mol. The molecule has 0 bridgehead atoms. The number of carbonyl (C=O) groups excluding carboxylic acids is 1. The van der Waals surface area contributed by atoms with Crippen molar-refractivity contribution in [1.29, 1.82) is 0 Å². The minimum Gasteiger partial charge on any atom is -0.394 e. The molecule has 1 saturated heterocycles. The number of aliphatic hydroxyl groups excluding tert-OH is 8. The smallest absolute Gasteiger partial charge is 0.221 e. The zero-order valence-electron chi connectivity index (χ0n) is 12.1. The van der Waals surface area contributed by atoms with Gasteiger partial charge in [0.1, 0.15) is 49.8 Å². The zero-order chi connectivity index (χ0) is 17.8. The summed E-state index contributed by atoms with van der Waals surface area (Å²) in [7, 11) is 0. The molecule has 0 aromatic carbocycles. The van der Waals surface area contributed by atoms with Crippen LogP contribution in [0.2, 0.25) is 0 Å². The van der Waals surface area contributed by atoms with Crippen molar-refractivity contribution >= 4 is 5.78 Å². The molecule has 8 N–H and O–H groups in total. The van der Waals surface area contributed by atoms with Gasteiger partial charge in [-0.3, -0.25) is 4.79 Å². The van der Waals surface area contributed by atoms with E-state index in [0.717, 1.165) is 0 Å². The molecule has 11 nitrogen and oxygen atoms in total. The molecule has 0 unspecified atom stereocenters. The molecule has 1 rings (SSSR count). The lowest BCUT2D eigenvalue weighted by Gasteiger charge is -2.32. The van der Waals surface area contributed by atoms with Gasteiger partial charge in [-0.15, -0.1) is 0 Å². The average Bonchev–Trinajstić information content (AvgIpc) is 2.82. The van der Waals surface area contributed by atoms with Crippen molar-refractivity contribution in [1.82, 2.24) is 0 Å². The summed E-state index contributed by atoms with van der Waals surface area (Å²) in [4.78, 5) is 11.0. The van der Waals surface area contributed by atoms with Gasteiger partial charge in [0, 0.05) is 0 Å². The number of ether oxygens (including phenoxy) is 2. The molecule has 0 aromatic heterocycles. The van der Waals surface area contributed by atoms with Crippen molar-refractivity contribution in [2.75, 3.05) is 26.4 Å². The minimum atomic E-state index is -2.15. The summed E-state index contributed by atoms with van der Waals surface area (Å²) in [6, 6.07) is 0. The first-order valence-corrected chi connectivity index (χ1v) is 6.81. The Morgan fingerprint density at radius 3 is 2.22 bits per heavy atom. The van der Waals surface area contributed by atoms with E-state index in [0.29, 0.717) is 0 Å². The lowest BCUT2D eigenvalue weighted by molar-refractivity contribution is -0.286. The van der Waals surface area contributed by atoms with E-state index >= 15 is 0 Å². The summed E-state index contributed by atoms with van der Waals surface area (Å²) < 4.78 is 10.1. The van der Waals surface area contributed by atoms with Gasteiger partial charge >= 0.3 is 0 Å². The Morgan fingerprint density at radius 1 is 1.17 bits per heavy atom. The van der Waals surface area contributed by atoms with E-state index in [1.165, 1.54) is 0 Å². The number of aliphatic hydroxyl groups is 8. The van der Waals surface area contributed by atoms with Gasteiger partial charge < -0.3 is 50.3 Å². The van der Waals surface area contributed by atoms with Crippen molar-refractivity contribution in [3.63, 3.8) is 0 Å². The maximum Gasteiger partial charge on any atom is 0.221 e. The van der Waals surface area contributed by atoms with Crippen molar-refractivity contribution in [3.8, 4) is 0 Å². The lowest BCUT2D eigenvalue weighted by Crippen LogP contribution is -2.52. The topological polar surface area (TPSA) is 197 Å². The van der Waals surface area contributed by atoms with E-state index in [1.54, 1.807) is 0 Å². The van der Waals surface area contributed by atoms with Gasteiger partial charge in [-0.1, -0.05) is 0 Å². The normalized spacial score (nSPS) is 35.0. The molecule has 11 heteroatoms. The predicted molar refractivity (Wildman–Crippen MR) is 69.9 cm³/mol. The van der Waals surface area contributed by atoms with Crippen molar-refractivity contribution in [2.45, 2.75) is 42.4 Å². The Bertz CT molecular complexity index is 391. The van der Waals surface area contributed by atoms with E-state index in [-0.39, 0.29) is 0 Å². The molecule has 1 aliphatic heterocycles. The molecule has 0 radical (unpaired) electrons. The molecule has 0 aliphatic carbocycles. The van der Waals surface area contributed by atoms with Crippen LogP contribution in [0.3, 0.4) is 0 Å². The van der Waals surface area contributed by atoms with Crippen LogP contribution in [0.25, 0.3) is 0 Å². The van der Waals surface area contributed by atoms with Crippen LogP contribution >= 0.6 is 0 Å². The third kappa shape index (κ3) is 4.22. The molecule has 23 heavy (non-hydrogen) atoms. The number of rotatable bonds is 9. The molecular weight excluding hydrogens is 320 g/mol. The van der Waals surface area contributed by atoms with Gasteiger partial charge in [-0.05, 0) is 0 Å². The van der Waals surface area contributed by atoms with E-state index in [4.69, 9.17) is 19.7 Å². The second-order valence-corrected chi connectivity index (χ2v) is 5.18. The number of carbonyl (C=O) groups is 1. The van der Waals surface area contributed by atoms with Crippen LogP contribution in [0.1, 0.15) is 0 Å². The third-order valence-corrected chi connectivity index (χ3v) is 3.61. The first-order chi connectivity index (χ1) is 10.7. The lowest BCUT2D eigenvalue weighted by atomic mass is 10.0. The van der Waals surface area contributed by atoms with Crippen molar-refractivity contribution in [2.24, 2.45) is 0 Å². The molecule has 0 spiro atoms. The summed E-state index contributed by atoms with van der Waals surface area (Å²) in [5.74, 6) is -3.28. The highest BCUT2D eigenvalue weighted by molar-refractivity contribution is 5.84. The van der Waals surface area contributed by atoms with Crippen molar-refractivity contribution < 1.29 is 55.1 Å². The van der Waals surface area contributed by atoms with Crippen LogP contribution in [-0.4, -0.2) is 115 Å². The largest absolute Gasteiger partial charge is 0.394 e. The fourth-order valence-electron chi connectivity index (χ4n) is 2.12. The molecule has 0 amide bonds. The number of ketones is 1. The molecular formula is C12H22O11. The zero-order valence-corrected chi connectivity index (χ0v) is 12.1. The first kappa shape index (κ1) is 20.3. The summed E-state index contributed by atoms with van der Waals surface area (Å²) in [5, 5.41) is 75.0. The Kier molecular flexibility index (Phi) is 7.41. The molecule has 0 aromatic rings. The summed E-state index contributed by atoms with van der Waals surface area (Å²) in [5.41, 5.74) is 0. The highest BCUT2D eigenvalue weighted by Crippen LogP contribution is 2.32. The molecule has 7 atom stereocenters. The molecule has 136 valence electrons. The number of hydrogen-bond donors (Lipinski definition) is 8. The summed E-state index contributed by atoms with van der Waals surface area (Å²) in [6.07, 6.45) is -10.4. The van der Waals surface area contributed by atoms with Crippen LogP contribution in [0.4, 0.5) is 0 Å². The molecule has 1 heterocycles. The Hall–Kier alpha value is -0.730. The van der Waals surface area contributed by atoms with Crippen molar-refractivity contribution in [3.05, 3.63) is 0 Å². The number of hydrogen-bond acceptors (Lipinski definition) is 11. The fourth-order valence-corrected chi connectivity index (χ4v) is 2.12. The predicted octanol–water partition coefficient (Wildman–Crippen LogP) is -5.55. The van der Waals surface area contributed by atoms with E-state index in [2.05, 4.69) is 0 Å². The Labute approximate surface area is 130 Å². The van der Waals surface area contributed by atoms with Gasteiger partial charge in [-0.25, -0.2) is 0 Å². The van der Waals surface area contributed by atoms with Crippen LogP contribution in [0.5, 0.6) is 0 Å². The Morgan fingerprint density at radius 2 is 1.78 bits per heavy atom. The van der Waals surface area contributed by atoms with Gasteiger partial charge in [0.25, 0.3) is 0 Å². The highest BCUT2D eigenvalue weighted by Gasteiger charge is 2.55. The standard InChI is InChI=1S/C12H22O11/c13-1-5(16)8(18)9(19)6(17)3-22-12(4-15)11(21)10(20)7(2-14)23-12/h6-11,13-15,17-21H,1-4H2/t6-,7-,8-,9-,10-,11+,12+/m1/s1. The van der Waals surface area contributed by atoms with Crippen LogP contribution in [0.15, 0.2) is 0 Å². The highest BCUT2D eigenvalue weighted by atomic mass is 16.7. The monoisotopic (exact) mass is 342 g/mol. The van der Waals surface area contributed by atoms with Gasteiger partial charge in [-0.2, -0.15) is 0 Å². The second kappa shape index (κ2) is 8.39. The number of Topliss-reactive ketones (excluding diaryl/α,β-unsaturated/α-hetero) is 1. The first-order valence-electron chi connectivity index (χ1n) is 6.81. The van der Waals surface area contributed by atoms with E-state index in [1.807, 2.05) is 0 Å². The minimum absolute atomic E-state index is 0.668. The fraction of sp³-hybridized carbons (Fsp3) is 0.917. The second-order valence-electron chi connectivity index (χ2n) is 5.18. The Balaban J connectivity index is 2.69. The van der Waals surface area contributed by atoms with Gasteiger partial charge in [0.15, 0.2) is 5.78 Å². The third-order valence-electron chi connectivity index (χ3n) is 3.61. The van der Waals surface area contributed by atoms with Crippen LogP contribution < -0.4 is 0 Å². The molecule has 1 aliphatic rings. The quantitative estimate of drug-likeness (QED) is 0.199. The van der Waals surface area contributed by atoms with Crippen LogP contribution in [0, 0.1) is 0 Å². The summed E-state index contributed by atoms with van der Waals surface area (Å²) in [6.45, 7) is -3.45. The maximum absolute atomic E-state index is 11.0. The summed E-state index contributed by atoms with van der Waals surface area (Å²) >= 11 is 0. The van der Waals surface area contributed by atoms with Gasteiger partial charge in [0.2, 0.25) is 5.79 Å². The molecule has 1 fully saturated rings. The van der Waals surface area contributed by atoms with Crippen LogP contribution in [-0.2, 0) is 14.3 Å². The maximum atomic E-state index is 11.0. The van der Waals surface area contributed by atoms with Gasteiger partial charge in [0.05, 0.1) is 13.2 Å². The molecule has 0 saturated carbocycles. The van der Waals surface area contributed by atoms with E-state index < -0.39 is 74.6 Å². The van der Waals surface area contributed by atoms with E-state index in [9.17, 15) is 35.4 Å².